The summed E-state index contributed by atoms with van der Waals surface area (Å²) in [5.41, 5.74) is 0. The zero-order valence-corrected chi connectivity index (χ0v) is 34.2. The topological polar surface area (TPSA) is 74.6 Å². The maximum absolute atomic E-state index is 10.4. The van der Waals surface area contributed by atoms with Gasteiger partial charge in [0, 0.05) is 29.9 Å². The minimum absolute atomic E-state index is 0. The first kappa shape index (κ1) is 52.8. The van der Waals surface area contributed by atoms with Gasteiger partial charge in [0.2, 0.25) is 0 Å². The van der Waals surface area contributed by atoms with Gasteiger partial charge in [-0.1, -0.05) is 245 Å². The Morgan fingerprint density at radius 3 is 0.510 bits per heavy atom. The third-order valence-electron chi connectivity index (χ3n) is 9.99. The van der Waals surface area contributed by atoms with Gasteiger partial charge >= 0.3 is 11.9 Å². The largest absolute Gasteiger partial charge is 0.481 e. The Morgan fingerprint density at radius 1 is 0.265 bits per heavy atom. The second-order valence-electron chi connectivity index (χ2n) is 15.0. The summed E-state index contributed by atoms with van der Waals surface area (Å²) >= 11 is 0. The van der Waals surface area contributed by atoms with Crippen LogP contribution < -0.4 is 0 Å². The molecule has 0 aliphatic carbocycles. The summed E-state index contributed by atoms with van der Waals surface area (Å²) in [6, 6.07) is 0. The molecule has 0 rings (SSSR count). The van der Waals surface area contributed by atoms with Crippen molar-refractivity contribution >= 4 is 11.9 Å². The molecule has 0 aromatic carbocycles. The van der Waals surface area contributed by atoms with Crippen LogP contribution in [0.1, 0.15) is 271 Å². The fourth-order valence-electron chi connectivity index (χ4n) is 6.71. The molecule has 0 aromatic heterocycles. The van der Waals surface area contributed by atoms with Crippen LogP contribution in [0, 0.1) is 0 Å². The molecule has 2 N–H and O–H groups in total. The zero-order chi connectivity index (χ0) is 35.4. The second kappa shape index (κ2) is 49.6. The maximum Gasteiger partial charge on any atom is 0.303 e. The first-order valence-electron chi connectivity index (χ1n) is 22.0. The van der Waals surface area contributed by atoms with Crippen LogP contribution in [0.2, 0.25) is 0 Å². The summed E-state index contributed by atoms with van der Waals surface area (Å²) in [6.07, 6.45) is 52.2. The molecule has 0 aromatic rings. The fraction of sp³-hybridized carbons (Fsp3) is 0.955. The number of unbranched alkanes of at least 4 members (excludes halogenated alkanes) is 36. The van der Waals surface area contributed by atoms with Crippen LogP contribution in [-0.4, -0.2) is 22.2 Å². The molecule has 0 aliphatic heterocycles. The summed E-state index contributed by atoms with van der Waals surface area (Å²) < 4.78 is 0. The van der Waals surface area contributed by atoms with Gasteiger partial charge in [-0.3, -0.25) is 9.59 Å². The van der Waals surface area contributed by atoms with E-state index in [2.05, 4.69) is 13.8 Å². The molecule has 0 amide bonds. The smallest absolute Gasteiger partial charge is 0.303 e. The van der Waals surface area contributed by atoms with Gasteiger partial charge in [0.05, 0.1) is 0 Å². The van der Waals surface area contributed by atoms with Crippen molar-refractivity contribution in [2.45, 2.75) is 271 Å². The molecule has 0 unspecified atom stereocenters. The van der Waals surface area contributed by atoms with Crippen LogP contribution >= 0.6 is 0 Å². The summed E-state index contributed by atoms with van der Waals surface area (Å²) in [5, 5.41) is 17.1. The van der Waals surface area contributed by atoms with Crippen molar-refractivity contribution in [1.82, 2.24) is 0 Å². The molecule has 0 bridgehead atoms. The van der Waals surface area contributed by atoms with Crippen LogP contribution in [0.4, 0.5) is 0 Å². The number of aliphatic carboxylic acids is 2. The first-order valence-corrected chi connectivity index (χ1v) is 22.0. The average Bonchev–Trinajstić information content (AvgIpc) is 3.07. The summed E-state index contributed by atoms with van der Waals surface area (Å²) in [6.45, 7) is 4.57. The Balaban J connectivity index is -0.000000846. The van der Waals surface area contributed by atoms with Crippen molar-refractivity contribution in [3.8, 4) is 0 Å². The van der Waals surface area contributed by atoms with Crippen molar-refractivity contribution in [2.75, 3.05) is 0 Å². The molecule has 4 nitrogen and oxygen atoms in total. The Bertz CT molecular complexity index is 560. The number of hydrogen-bond acceptors (Lipinski definition) is 2. The van der Waals surface area contributed by atoms with Gasteiger partial charge in [0.15, 0.2) is 0 Å². The van der Waals surface area contributed by atoms with E-state index in [1.54, 1.807) is 0 Å². The fourth-order valence-corrected chi connectivity index (χ4v) is 6.71. The molecular weight excluding hydrogens is 656 g/mol. The number of carboxylic acids is 2. The van der Waals surface area contributed by atoms with E-state index < -0.39 is 11.9 Å². The van der Waals surface area contributed by atoms with E-state index in [1.807, 2.05) is 0 Å². The van der Waals surface area contributed by atoms with Crippen molar-refractivity contribution < 1.29 is 36.9 Å². The van der Waals surface area contributed by atoms with Crippen LogP contribution in [0.3, 0.4) is 0 Å². The van der Waals surface area contributed by atoms with Crippen LogP contribution in [0.15, 0.2) is 0 Å². The molecule has 5 heteroatoms. The Morgan fingerprint density at radius 2 is 0.388 bits per heavy atom. The maximum atomic E-state index is 10.4. The van der Waals surface area contributed by atoms with E-state index in [4.69, 9.17) is 10.2 Å². The Kier molecular flexibility index (Phi) is 53.4. The molecular formula is C44H88CuO4. The monoisotopic (exact) mass is 744 g/mol. The van der Waals surface area contributed by atoms with Crippen molar-refractivity contribution in [1.29, 1.82) is 0 Å². The van der Waals surface area contributed by atoms with Gasteiger partial charge in [-0.25, -0.2) is 0 Å². The molecule has 0 aliphatic rings. The molecule has 0 fully saturated rings. The van der Waals surface area contributed by atoms with E-state index in [9.17, 15) is 9.59 Å². The van der Waals surface area contributed by atoms with Gasteiger partial charge < -0.3 is 10.2 Å². The molecule has 0 spiro atoms. The third kappa shape index (κ3) is 57.1. The predicted octanol–water partition coefficient (Wildman–Crippen LogP) is 15.8. The van der Waals surface area contributed by atoms with Gasteiger partial charge in [-0.2, -0.15) is 0 Å². The summed E-state index contributed by atoms with van der Waals surface area (Å²) in [7, 11) is 0. The van der Waals surface area contributed by atoms with Crippen molar-refractivity contribution in [3.63, 3.8) is 0 Å². The van der Waals surface area contributed by atoms with E-state index in [0.717, 1.165) is 25.7 Å². The summed E-state index contributed by atoms with van der Waals surface area (Å²) in [4.78, 5) is 20.8. The standard InChI is InChI=1S/2C22H44O2.Cu/c2*1-2-3-4-5-6-7-8-9-10-11-12-13-14-15-16-17-18-19-20-21-22(23)24;/h2*2-21H2,1H3,(H,23,24);. The quantitative estimate of drug-likeness (QED) is 0.0484. The molecule has 0 atom stereocenters. The molecule has 1 radical (unpaired) electrons. The van der Waals surface area contributed by atoms with E-state index >= 15 is 0 Å². The SMILES string of the molecule is CCCCCCCCCCCCCCCCCCCCCC(=O)O.CCCCCCCCCCCCCCCCCCCCCC(=O)O.[Cu]. The zero-order valence-electron chi connectivity index (χ0n) is 33.3. The van der Waals surface area contributed by atoms with Gasteiger partial charge in [-0.05, 0) is 12.8 Å². The number of carboxylic acid groups (broad SMARTS) is 2. The number of hydrogen-bond donors (Lipinski definition) is 2. The van der Waals surface area contributed by atoms with Crippen LogP contribution in [0.5, 0.6) is 0 Å². The Labute approximate surface area is 318 Å². The Hall–Kier alpha value is -0.541. The van der Waals surface area contributed by atoms with Gasteiger partial charge in [-0.15, -0.1) is 0 Å². The van der Waals surface area contributed by atoms with E-state index in [-0.39, 0.29) is 17.1 Å². The molecule has 0 heterocycles. The number of carbonyl (C=O) groups is 2. The summed E-state index contributed by atoms with van der Waals surface area (Å²) in [5.74, 6) is -1.30. The van der Waals surface area contributed by atoms with E-state index in [0.29, 0.717) is 12.8 Å². The van der Waals surface area contributed by atoms with Crippen molar-refractivity contribution in [2.24, 2.45) is 0 Å². The van der Waals surface area contributed by atoms with Crippen LogP contribution in [0.25, 0.3) is 0 Å². The first-order chi connectivity index (χ1) is 23.5. The van der Waals surface area contributed by atoms with Gasteiger partial charge in [0.1, 0.15) is 0 Å². The molecule has 49 heavy (non-hydrogen) atoms. The average molecular weight is 745 g/mol. The van der Waals surface area contributed by atoms with Gasteiger partial charge in [0.25, 0.3) is 0 Å². The third-order valence-corrected chi connectivity index (χ3v) is 9.99. The van der Waals surface area contributed by atoms with E-state index in [1.165, 1.54) is 218 Å². The van der Waals surface area contributed by atoms with Crippen LogP contribution in [-0.2, 0) is 26.7 Å². The van der Waals surface area contributed by atoms with Crippen molar-refractivity contribution in [3.05, 3.63) is 0 Å². The number of rotatable bonds is 40. The molecule has 0 saturated carbocycles. The minimum Gasteiger partial charge on any atom is -0.481 e. The molecule has 0 saturated heterocycles. The second-order valence-corrected chi connectivity index (χ2v) is 15.0. The molecule has 299 valence electrons. The predicted molar refractivity (Wildman–Crippen MR) is 211 cm³/mol. The normalized spacial score (nSPS) is 10.8. The minimum atomic E-state index is -0.651.